The third-order valence-electron chi connectivity index (χ3n) is 10.2. The highest BCUT2D eigenvalue weighted by Gasteiger charge is 2.43. The van der Waals surface area contributed by atoms with E-state index in [9.17, 15) is 20.4 Å². The number of rotatable bonds is 7. The average Bonchev–Trinajstić information content (AvgIpc) is 3.02. The minimum Gasteiger partial charge on any atom is -0.507 e. The Labute approximate surface area is 260 Å². The number of aliphatic imine (C=N–C) groups is 1. The van der Waals surface area contributed by atoms with Gasteiger partial charge in [-0.15, -0.1) is 0 Å². The molecule has 0 amide bonds. The van der Waals surface area contributed by atoms with E-state index in [4.69, 9.17) is 9.73 Å². The van der Waals surface area contributed by atoms with Crippen molar-refractivity contribution in [2.75, 3.05) is 6.54 Å². The Morgan fingerprint density at radius 3 is 2.27 bits per heavy atom. The van der Waals surface area contributed by atoms with Gasteiger partial charge in [0.25, 0.3) is 0 Å². The minimum atomic E-state index is -1.01. The summed E-state index contributed by atoms with van der Waals surface area (Å²) in [7, 11) is 0. The van der Waals surface area contributed by atoms with Crippen LogP contribution in [-0.2, 0) is 16.0 Å². The quantitative estimate of drug-likeness (QED) is 0.193. The van der Waals surface area contributed by atoms with Crippen molar-refractivity contribution in [1.82, 2.24) is 0 Å². The number of fused-ring (bicyclic) bond motifs is 3. The number of aryl methyl sites for hydroxylation is 1. The summed E-state index contributed by atoms with van der Waals surface area (Å²) in [5, 5.41) is 33.1. The van der Waals surface area contributed by atoms with Crippen molar-refractivity contribution in [2.24, 2.45) is 28.7 Å². The van der Waals surface area contributed by atoms with Gasteiger partial charge in [-0.1, -0.05) is 74.4 Å². The lowest BCUT2D eigenvalue weighted by Crippen LogP contribution is -2.42. The van der Waals surface area contributed by atoms with Crippen molar-refractivity contribution < 1.29 is 19.7 Å². The van der Waals surface area contributed by atoms with Gasteiger partial charge in [-0.05, 0) is 81.1 Å². The summed E-state index contributed by atoms with van der Waals surface area (Å²) in [5.74, 6) is 4.72. The number of ether oxygens (including phenoxy) is 1. The highest BCUT2D eigenvalue weighted by molar-refractivity contribution is 6.33. The molecule has 3 aromatic carbocycles. The Hall–Kier alpha value is -3.73. The fourth-order valence-electron chi connectivity index (χ4n) is 8.02. The predicted molar refractivity (Wildman–Crippen MR) is 176 cm³/mol. The van der Waals surface area contributed by atoms with Crippen LogP contribution in [-0.4, -0.2) is 46.3 Å². The molecule has 0 heterocycles. The van der Waals surface area contributed by atoms with Crippen LogP contribution in [0.3, 0.4) is 0 Å². The molecule has 5 atom stereocenters. The monoisotopic (exact) mass is 592 g/mol. The number of nitrogens with one attached hydrogen (secondary N) is 1. The number of aromatic hydroxyl groups is 2. The fraction of sp³-hybridized carbons (Fsp3) is 0.474. The Kier molecular flexibility index (Phi) is 8.75. The molecule has 230 valence electrons. The lowest BCUT2D eigenvalue weighted by molar-refractivity contribution is -0.0266. The number of nitrogens with zero attached hydrogens (tertiary/aromatic N) is 1. The number of phenolic OH excluding ortho intramolecular Hbond substituents is 2. The third kappa shape index (κ3) is 5.86. The molecule has 3 N–H and O–H groups in total. The standard InChI is InChI=1S/C38H44N2O4/c1-22(2)18-25-12-13-27-20-28(15-14-26(27)19-25)44-38-31(21-41)35(40-17-16-24-10-8-23(3)9-11-24)33-32(34(38)39)36(42)29-6-4-5-7-30(29)37(33)43/h4-11,22,25-28,38-39,42-43H,12-20H2,1-3H3. The second-order valence-electron chi connectivity index (χ2n) is 13.7. The topological polar surface area (TPSA) is 103 Å². The summed E-state index contributed by atoms with van der Waals surface area (Å²) in [6.07, 6.45) is 7.47. The molecule has 0 aliphatic heterocycles. The van der Waals surface area contributed by atoms with Crippen molar-refractivity contribution in [2.45, 2.75) is 84.3 Å². The summed E-state index contributed by atoms with van der Waals surface area (Å²) >= 11 is 0. The predicted octanol–water partition coefficient (Wildman–Crippen LogP) is 7.75. The molecular weight excluding hydrogens is 548 g/mol. The van der Waals surface area contributed by atoms with Crippen molar-refractivity contribution in [1.29, 1.82) is 5.41 Å². The molecule has 2 fully saturated rings. The molecule has 0 aromatic heterocycles. The first kappa shape index (κ1) is 30.3. The first-order chi connectivity index (χ1) is 21.2. The Balaban J connectivity index is 1.32. The molecule has 6 nitrogen and oxygen atoms in total. The fourth-order valence-corrected chi connectivity index (χ4v) is 8.02. The Morgan fingerprint density at radius 1 is 0.932 bits per heavy atom. The number of carbonyl (C=O) groups excluding carboxylic acids is 1. The van der Waals surface area contributed by atoms with E-state index in [1.165, 1.54) is 31.2 Å². The van der Waals surface area contributed by atoms with Gasteiger partial charge in [0, 0.05) is 17.3 Å². The maximum Gasteiger partial charge on any atom is 0.137 e. The zero-order valence-electron chi connectivity index (χ0n) is 26.1. The van der Waals surface area contributed by atoms with Crippen LogP contribution in [0, 0.1) is 36.0 Å². The van der Waals surface area contributed by atoms with Crippen LogP contribution in [0.15, 0.2) is 59.1 Å². The van der Waals surface area contributed by atoms with Crippen molar-refractivity contribution in [3.8, 4) is 11.5 Å². The molecule has 0 spiro atoms. The molecule has 5 unspecified atom stereocenters. The summed E-state index contributed by atoms with van der Waals surface area (Å²) in [4.78, 5) is 17.5. The van der Waals surface area contributed by atoms with E-state index in [1.807, 2.05) is 6.92 Å². The SMILES string of the molecule is Cc1ccc(CCN=C2C(=C=O)C(OC3CCC4CC(CC(C)C)CCC4C3)C(=N)c3c2c(O)c2ccccc2c3O)cc1. The number of hydrogen-bond donors (Lipinski definition) is 3. The highest BCUT2D eigenvalue weighted by atomic mass is 16.5. The van der Waals surface area contributed by atoms with Crippen LogP contribution >= 0.6 is 0 Å². The molecule has 3 aliphatic carbocycles. The van der Waals surface area contributed by atoms with Crippen molar-refractivity contribution in [3.63, 3.8) is 0 Å². The van der Waals surface area contributed by atoms with E-state index in [0.717, 1.165) is 36.7 Å². The maximum absolute atomic E-state index is 12.7. The zero-order valence-corrected chi connectivity index (χ0v) is 26.1. The van der Waals surface area contributed by atoms with Gasteiger partial charge >= 0.3 is 0 Å². The number of phenols is 2. The molecule has 6 heteroatoms. The van der Waals surface area contributed by atoms with Gasteiger partial charge in [-0.2, -0.15) is 0 Å². The lowest BCUT2D eigenvalue weighted by Gasteiger charge is -2.43. The summed E-state index contributed by atoms with van der Waals surface area (Å²) in [6, 6.07) is 15.3. The molecule has 0 saturated heterocycles. The average molecular weight is 593 g/mol. The van der Waals surface area contributed by atoms with Crippen molar-refractivity contribution >= 4 is 28.1 Å². The van der Waals surface area contributed by atoms with Gasteiger partial charge in [-0.3, -0.25) is 4.99 Å². The normalized spacial score (nSPS) is 26.1. The van der Waals surface area contributed by atoms with E-state index in [1.54, 1.807) is 24.3 Å². The largest absolute Gasteiger partial charge is 0.507 e. The Morgan fingerprint density at radius 2 is 1.59 bits per heavy atom. The first-order valence-corrected chi connectivity index (χ1v) is 16.3. The second-order valence-corrected chi connectivity index (χ2v) is 13.7. The Bertz CT molecular complexity index is 1630. The smallest absolute Gasteiger partial charge is 0.137 e. The summed E-state index contributed by atoms with van der Waals surface area (Å²) in [5.41, 5.74) is 3.03. The third-order valence-corrected chi connectivity index (χ3v) is 10.2. The van der Waals surface area contributed by atoms with Crippen LogP contribution in [0.25, 0.3) is 10.8 Å². The van der Waals surface area contributed by atoms with Gasteiger partial charge in [0.15, 0.2) is 0 Å². The van der Waals surface area contributed by atoms with E-state index < -0.39 is 6.10 Å². The zero-order chi connectivity index (χ0) is 31.0. The molecular formula is C38H44N2O4. The summed E-state index contributed by atoms with van der Waals surface area (Å²) < 4.78 is 6.66. The first-order valence-electron chi connectivity index (χ1n) is 16.3. The molecule has 3 aliphatic rings. The van der Waals surface area contributed by atoms with Gasteiger partial charge in [-0.25, -0.2) is 4.79 Å². The van der Waals surface area contributed by atoms with Gasteiger partial charge in [0.05, 0.1) is 34.2 Å². The van der Waals surface area contributed by atoms with Crippen LogP contribution < -0.4 is 0 Å². The van der Waals surface area contributed by atoms with E-state index >= 15 is 0 Å². The molecule has 44 heavy (non-hydrogen) atoms. The van der Waals surface area contributed by atoms with Gasteiger partial charge in [0.2, 0.25) is 0 Å². The van der Waals surface area contributed by atoms with Gasteiger partial charge in [0.1, 0.15) is 23.5 Å². The van der Waals surface area contributed by atoms with Crippen LogP contribution in [0.2, 0.25) is 0 Å². The van der Waals surface area contributed by atoms with Crippen molar-refractivity contribution in [3.05, 3.63) is 76.4 Å². The van der Waals surface area contributed by atoms with Gasteiger partial charge < -0.3 is 20.4 Å². The molecule has 6 rings (SSSR count). The minimum absolute atomic E-state index is 0.0304. The molecule has 0 bridgehead atoms. The second kappa shape index (κ2) is 12.7. The van der Waals surface area contributed by atoms with Crippen LogP contribution in [0.4, 0.5) is 0 Å². The van der Waals surface area contributed by atoms with Crippen LogP contribution in [0.5, 0.6) is 11.5 Å². The van der Waals surface area contributed by atoms with E-state index in [-0.39, 0.29) is 45.7 Å². The summed E-state index contributed by atoms with van der Waals surface area (Å²) in [6.45, 7) is 7.03. The van der Waals surface area contributed by atoms with Crippen LogP contribution in [0.1, 0.15) is 81.0 Å². The molecule has 2 saturated carbocycles. The molecule has 3 aromatic rings. The molecule has 0 radical (unpaired) electrons. The van der Waals surface area contributed by atoms with E-state index in [0.29, 0.717) is 35.6 Å². The maximum atomic E-state index is 12.7. The lowest BCUT2D eigenvalue weighted by atomic mass is 9.65. The number of benzene rings is 3. The van der Waals surface area contributed by atoms with E-state index in [2.05, 4.69) is 44.1 Å². The number of hydrogen-bond acceptors (Lipinski definition) is 6. The highest BCUT2D eigenvalue weighted by Crippen LogP contribution is 2.47.